The number of esters is 1. The number of hydrogen-bond donors (Lipinski definition) is 0. The predicted octanol–water partition coefficient (Wildman–Crippen LogP) is 4.34. The SMILES string of the molecule is COc1ccc2c(OC)c(C(=O)OC(C)(C)c3ccncc3)ccc2c1. The molecule has 0 aliphatic heterocycles. The zero-order valence-corrected chi connectivity index (χ0v) is 15.3. The van der Waals surface area contributed by atoms with Gasteiger partial charge in [0.15, 0.2) is 0 Å². The molecule has 0 aliphatic rings. The van der Waals surface area contributed by atoms with E-state index in [1.807, 2.05) is 50.2 Å². The molecule has 0 atom stereocenters. The number of nitrogens with zero attached hydrogens (tertiary/aromatic N) is 1. The maximum absolute atomic E-state index is 12.8. The summed E-state index contributed by atoms with van der Waals surface area (Å²) in [5.41, 5.74) is 0.456. The van der Waals surface area contributed by atoms with Crippen LogP contribution in [0.15, 0.2) is 54.9 Å². The number of aromatic nitrogens is 1. The monoisotopic (exact) mass is 351 g/mol. The standard InChI is InChI=1S/C21H21NO4/c1-21(2,15-9-11-22-12-10-15)26-20(23)18-7-5-14-13-16(24-3)6-8-17(14)19(18)25-4/h5-13H,1-4H3. The lowest BCUT2D eigenvalue weighted by atomic mass is 9.99. The summed E-state index contributed by atoms with van der Waals surface area (Å²) in [6, 6.07) is 12.8. The van der Waals surface area contributed by atoms with Gasteiger partial charge in [-0.1, -0.05) is 6.07 Å². The molecule has 26 heavy (non-hydrogen) atoms. The van der Waals surface area contributed by atoms with Gasteiger partial charge in [0.05, 0.1) is 14.2 Å². The van der Waals surface area contributed by atoms with Crippen molar-refractivity contribution in [2.24, 2.45) is 0 Å². The molecule has 2 aromatic carbocycles. The molecule has 0 fully saturated rings. The van der Waals surface area contributed by atoms with E-state index in [0.717, 1.165) is 22.1 Å². The van der Waals surface area contributed by atoms with Gasteiger partial charge < -0.3 is 14.2 Å². The van der Waals surface area contributed by atoms with E-state index in [1.54, 1.807) is 32.7 Å². The summed E-state index contributed by atoms with van der Waals surface area (Å²) in [7, 11) is 3.16. The molecule has 0 spiro atoms. The van der Waals surface area contributed by atoms with E-state index in [0.29, 0.717) is 11.3 Å². The van der Waals surface area contributed by atoms with Gasteiger partial charge >= 0.3 is 5.97 Å². The summed E-state index contributed by atoms with van der Waals surface area (Å²) in [6.07, 6.45) is 3.35. The van der Waals surface area contributed by atoms with Crippen molar-refractivity contribution in [2.75, 3.05) is 14.2 Å². The summed E-state index contributed by atoms with van der Waals surface area (Å²) in [5.74, 6) is 0.788. The molecular weight excluding hydrogens is 330 g/mol. The number of carbonyl (C=O) groups is 1. The molecule has 0 N–H and O–H groups in total. The molecule has 134 valence electrons. The third-order valence-electron chi connectivity index (χ3n) is 4.32. The van der Waals surface area contributed by atoms with Crippen LogP contribution in [0.25, 0.3) is 10.8 Å². The van der Waals surface area contributed by atoms with Gasteiger partial charge in [-0.3, -0.25) is 4.98 Å². The molecule has 5 heteroatoms. The Hall–Kier alpha value is -3.08. The first-order valence-electron chi connectivity index (χ1n) is 8.25. The van der Waals surface area contributed by atoms with Crippen LogP contribution in [0.4, 0.5) is 0 Å². The Bertz CT molecular complexity index is 935. The number of methoxy groups -OCH3 is 2. The Morgan fingerprint density at radius 2 is 1.69 bits per heavy atom. The number of pyridine rings is 1. The number of hydrogen-bond acceptors (Lipinski definition) is 5. The van der Waals surface area contributed by atoms with Crippen LogP contribution in [0, 0.1) is 0 Å². The lowest BCUT2D eigenvalue weighted by Crippen LogP contribution is -2.26. The van der Waals surface area contributed by atoms with Crippen LogP contribution in [0.2, 0.25) is 0 Å². The molecule has 1 aromatic heterocycles. The molecule has 1 heterocycles. The first kappa shape index (κ1) is 17.7. The summed E-state index contributed by atoms with van der Waals surface area (Å²) in [6.45, 7) is 3.69. The molecule has 0 bridgehead atoms. The molecule has 0 aliphatic carbocycles. The van der Waals surface area contributed by atoms with Gasteiger partial charge in [-0.25, -0.2) is 4.79 Å². The van der Waals surface area contributed by atoms with Gasteiger partial charge in [-0.05, 0) is 61.2 Å². The minimum Gasteiger partial charge on any atom is -0.497 e. The zero-order chi connectivity index (χ0) is 18.7. The highest BCUT2D eigenvalue weighted by molar-refractivity contribution is 6.01. The van der Waals surface area contributed by atoms with E-state index in [1.165, 1.54) is 0 Å². The Balaban J connectivity index is 1.98. The van der Waals surface area contributed by atoms with Crippen molar-refractivity contribution in [1.29, 1.82) is 0 Å². The third-order valence-corrected chi connectivity index (χ3v) is 4.32. The normalized spacial score (nSPS) is 11.2. The molecule has 0 unspecified atom stereocenters. The fourth-order valence-electron chi connectivity index (χ4n) is 2.89. The first-order valence-corrected chi connectivity index (χ1v) is 8.25. The minimum atomic E-state index is -0.792. The van der Waals surface area contributed by atoms with Crippen molar-refractivity contribution in [2.45, 2.75) is 19.4 Å². The lowest BCUT2D eigenvalue weighted by Gasteiger charge is -2.26. The summed E-state index contributed by atoms with van der Waals surface area (Å²) in [4.78, 5) is 16.8. The van der Waals surface area contributed by atoms with Crippen LogP contribution < -0.4 is 9.47 Å². The summed E-state index contributed by atoms with van der Waals surface area (Å²) in [5, 5.41) is 1.75. The van der Waals surface area contributed by atoms with Gasteiger partial charge in [0.1, 0.15) is 22.7 Å². The highest BCUT2D eigenvalue weighted by atomic mass is 16.6. The lowest BCUT2D eigenvalue weighted by molar-refractivity contribution is -0.00341. The molecule has 0 saturated heterocycles. The van der Waals surface area contributed by atoms with Gasteiger partial charge in [0.25, 0.3) is 0 Å². The van der Waals surface area contributed by atoms with E-state index < -0.39 is 11.6 Å². The van der Waals surface area contributed by atoms with Crippen molar-refractivity contribution in [3.63, 3.8) is 0 Å². The van der Waals surface area contributed by atoms with Crippen LogP contribution in [0.1, 0.15) is 29.8 Å². The van der Waals surface area contributed by atoms with E-state index in [-0.39, 0.29) is 0 Å². The molecule has 3 aromatic rings. The fraction of sp³-hybridized carbons (Fsp3) is 0.238. The summed E-state index contributed by atoms with van der Waals surface area (Å²) >= 11 is 0. The van der Waals surface area contributed by atoms with Gasteiger partial charge in [0, 0.05) is 17.8 Å². The molecule has 0 radical (unpaired) electrons. The fourth-order valence-corrected chi connectivity index (χ4v) is 2.89. The molecule has 3 rings (SSSR count). The Labute approximate surface area is 152 Å². The average molecular weight is 351 g/mol. The second-order valence-electron chi connectivity index (χ2n) is 6.37. The largest absolute Gasteiger partial charge is 0.497 e. The third kappa shape index (κ3) is 3.33. The number of rotatable bonds is 5. The van der Waals surface area contributed by atoms with Crippen molar-refractivity contribution in [3.05, 3.63) is 66.0 Å². The maximum atomic E-state index is 12.8. The van der Waals surface area contributed by atoms with E-state index in [4.69, 9.17) is 14.2 Å². The predicted molar refractivity (Wildman–Crippen MR) is 99.7 cm³/mol. The zero-order valence-electron chi connectivity index (χ0n) is 15.3. The van der Waals surface area contributed by atoms with Crippen molar-refractivity contribution >= 4 is 16.7 Å². The van der Waals surface area contributed by atoms with Gasteiger partial charge in [0.2, 0.25) is 0 Å². The van der Waals surface area contributed by atoms with Crippen LogP contribution in [0.5, 0.6) is 11.5 Å². The number of carbonyl (C=O) groups excluding carboxylic acids is 1. The summed E-state index contributed by atoms with van der Waals surface area (Å²) < 4.78 is 16.5. The van der Waals surface area contributed by atoms with E-state index >= 15 is 0 Å². The van der Waals surface area contributed by atoms with Crippen LogP contribution >= 0.6 is 0 Å². The number of ether oxygens (including phenoxy) is 3. The van der Waals surface area contributed by atoms with E-state index in [9.17, 15) is 4.79 Å². The number of fused-ring (bicyclic) bond motifs is 1. The van der Waals surface area contributed by atoms with Crippen LogP contribution in [-0.2, 0) is 10.3 Å². The quantitative estimate of drug-likeness (QED) is 0.640. The average Bonchev–Trinajstić information content (AvgIpc) is 2.66. The smallest absolute Gasteiger partial charge is 0.342 e. The molecule has 0 saturated carbocycles. The van der Waals surface area contributed by atoms with Gasteiger partial charge in [-0.2, -0.15) is 0 Å². The van der Waals surface area contributed by atoms with Crippen LogP contribution in [-0.4, -0.2) is 25.2 Å². The Morgan fingerprint density at radius 1 is 0.962 bits per heavy atom. The molecule has 5 nitrogen and oxygen atoms in total. The topological polar surface area (TPSA) is 57.7 Å². The van der Waals surface area contributed by atoms with Crippen LogP contribution in [0.3, 0.4) is 0 Å². The van der Waals surface area contributed by atoms with Crippen molar-refractivity contribution < 1.29 is 19.0 Å². The molecular formula is C21H21NO4. The first-order chi connectivity index (χ1) is 12.5. The number of benzene rings is 2. The Kier molecular flexibility index (Phi) is 4.80. The van der Waals surface area contributed by atoms with Crippen molar-refractivity contribution in [3.8, 4) is 11.5 Å². The van der Waals surface area contributed by atoms with E-state index in [2.05, 4.69) is 4.98 Å². The molecule has 0 amide bonds. The highest BCUT2D eigenvalue weighted by Gasteiger charge is 2.28. The maximum Gasteiger partial charge on any atom is 0.342 e. The highest BCUT2D eigenvalue weighted by Crippen LogP contribution is 2.34. The minimum absolute atomic E-state index is 0.382. The van der Waals surface area contributed by atoms with Crippen molar-refractivity contribution in [1.82, 2.24) is 4.98 Å². The van der Waals surface area contributed by atoms with Gasteiger partial charge in [-0.15, -0.1) is 0 Å². The second kappa shape index (κ2) is 7.04. The second-order valence-corrected chi connectivity index (χ2v) is 6.37. The Morgan fingerprint density at radius 3 is 2.35 bits per heavy atom.